The number of nitrogens with zero attached hydrogens (tertiary/aromatic N) is 1. The van der Waals surface area contributed by atoms with Gasteiger partial charge >= 0.3 is 0 Å². The predicted molar refractivity (Wildman–Crippen MR) is 84.6 cm³/mol. The third kappa shape index (κ3) is 6.06. The molecule has 0 fully saturated rings. The summed E-state index contributed by atoms with van der Waals surface area (Å²) in [4.78, 5) is 12.2. The van der Waals surface area contributed by atoms with Crippen LogP contribution in [0.3, 0.4) is 0 Å². The first-order chi connectivity index (χ1) is 9.89. The minimum absolute atomic E-state index is 0.0448. The van der Waals surface area contributed by atoms with Crippen LogP contribution in [0.1, 0.15) is 24.6 Å². The lowest BCUT2D eigenvalue weighted by molar-refractivity contribution is -0.122. The van der Waals surface area contributed by atoms with Crippen LogP contribution < -0.4 is 10.0 Å². The van der Waals surface area contributed by atoms with E-state index in [2.05, 4.69) is 20.2 Å². The van der Waals surface area contributed by atoms with Crippen LogP contribution in [0.25, 0.3) is 0 Å². The van der Waals surface area contributed by atoms with Gasteiger partial charge in [-0.1, -0.05) is 0 Å². The number of H-pyrrole nitrogens is 1. The van der Waals surface area contributed by atoms with Crippen molar-refractivity contribution in [2.24, 2.45) is 0 Å². The lowest BCUT2D eigenvalue weighted by atomic mass is 10.2. The molecule has 9 heteroatoms. The van der Waals surface area contributed by atoms with E-state index in [9.17, 15) is 13.2 Å². The number of hydrogen-bond acceptors (Lipinski definition) is 5. The first kappa shape index (κ1) is 18.0. The van der Waals surface area contributed by atoms with Crippen molar-refractivity contribution in [3.05, 3.63) is 17.5 Å². The molecule has 21 heavy (non-hydrogen) atoms. The predicted octanol–water partition coefficient (Wildman–Crippen LogP) is 0.395. The summed E-state index contributed by atoms with van der Waals surface area (Å²) in [5, 5.41) is 9.41. The molecule has 1 amide bonds. The van der Waals surface area contributed by atoms with Crippen molar-refractivity contribution in [1.82, 2.24) is 20.2 Å². The molecule has 1 aromatic heterocycles. The molecular weight excluding hydrogens is 312 g/mol. The summed E-state index contributed by atoms with van der Waals surface area (Å²) in [7, 11) is -3.41. The first-order valence-electron chi connectivity index (χ1n) is 6.65. The SMILES string of the molecule is CCS(=O)(=O)NC(CCSC)C(=O)NCc1cn[nH]c1C. The van der Waals surface area contributed by atoms with Crippen LogP contribution in [0.4, 0.5) is 0 Å². The lowest BCUT2D eigenvalue weighted by Crippen LogP contribution is -2.47. The standard InChI is InChI=1S/C12H22N4O3S2/c1-4-21(18,19)16-11(5-6-20-3)12(17)13-7-10-8-14-15-9(10)2/h8,11,16H,4-7H2,1-3H3,(H,13,17)(H,14,15). The van der Waals surface area contributed by atoms with Crippen molar-refractivity contribution in [2.75, 3.05) is 17.8 Å². The summed E-state index contributed by atoms with van der Waals surface area (Å²) in [6.07, 6.45) is 4.01. The summed E-state index contributed by atoms with van der Waals surface area (Å²) in [5.41, 5.74) is 1.76. The van der Waals surface area contributed by atoms with Gasteiger partial charge in [-0.15, -0.1) is 0 Å². The van der Waals surface area contributed by atoms with E-state index < -0.39 is 16.1 Å². The topological polar surface area (TPSA) is 104 Å². The molecule has 3 N–H and O–H groups in total. The van der Waals surface area contributed by atoms with Crippen molar-refractivity contribution in [3.63, 3.8) is 0 Å². The maximum absolute atomic E-state index is 12.2. The second kappa shape index (κ2) is 8.40. The number of aryl methyl sites for hydroxylation is 1. The number of amides is 1. The molecule has 0 saturated carbocycles. The summed E-state index contributed by atoms with van der Waals surface area (Å²) >= 11 is 1.57. The largest absolute Gasteiger partial charge is 0.351 e. The Morgan fingerprint density at radius 2 is 2.24 bits per heavy atom. The number of rotatable bonds is 9. The highest BCUT2D eigenvalue weighted by Gasteiger charge is 2.23. The van der Waals surface area contributed by atoms with Crippen molar-refractivity contribution < 1.29 is 13.2 Å². The van der Waals surface area contributed by atoms with Crippen molar-refractivity contribution in [2.45, 2.75) is 32.9 Å². The Morgan fingerprint density at radius 1 is 1.52 bits per heavy atom. The average Bonchev–Trinajstić information content (AvgIpc) is 2.86. The molecule has 1 heterocycles. The Bertz CT molecular complexity index is 557. The smallest absolute Gasteiger partial charge is 0.238 e. The van der Waals surface area contributed by atoms with E-state index in [1.165, 1.54) is 0 Å². The van der Waals surface area contributed by atoms with Crippen LogP contribution in [0.15, 0.2) is 6.20 Å². The van der Waals surface area contributed by atoms with Gasteiger partial charge in [0.15, 0.2) is 0 Å². The van der Waals surface area contributed by atoms with E-state index in [0.717, 1.165) is 11.3 Å². The van der Waals surface area contributed by atoms with Crippen LogP contribution in [-0.4, -0.2) is 48.3 Å². The highest BCUT2D eigenvalue weighted by atomic mass is 32.2. The fraction of sp³-hybridized carbons (Fsp3) is 0.667. The van der Waals surface area contributed by atoms with E-state index in [-0.39, 0.29) is 11.7 Å². The molecule has 0 bridgehead atoms. The van der Waals surface area contributed by atoms with Crippen molar-refractivity contribution in [3.8, 4) is 0 Å². The molecule has 1 unspecified atom stereocenters. The fourth-order valence-electron chi connectivity index (χ4n) is 1.64. The van der Waals surface area contributed by atoms with Gasteiger partial charge in [-0.3, -0.25) is 9.89 Å². The molecule has 7 nitrogen and oxygen atoms in total. The number of aromatic nitrogens is 2. The van der Waals surface area contributed by atoms with Crippen LogP contribution in [0.2, 0.25) is 0 Å². The van der Waals surface area contributed by atoms with Gasteiger partial charge in [0.1, 0.15) is 6.04 Å². The molecule has 0 aliphatic heterocycles. The van der Waals surface area contributed by atoms with Gasteiger partial charge < -0.3 is 5.32 Å². The summed E-state index contributed by atoms with van der Waals surface area (Å²) in [5.74, 6) is 0.341. The Kier molecular flexibility index (Phi) is 7.20. The zero-order chi connectivity index (χ0) is 15.9. The molecule has 0 aliphatic rings. The fourth-order valence-corrected chi connectivity index (χ4v) is 2.94. The zero-order valence-corrected chi connectivity index (χ0v) is 14.1. The number of thioether (sulfide) groups is 1. The molecule has 0 radical (unpaired) electrons. The molecule has 1 aromatic rings. The maximum Gasteiger partial charge on any atom is 0.238 e. The third-order valence-electron chi connectivity index (χ3n) is 3.02. The molecular formula is C12H22N4O3S2. The Morgan fingerprint density at radius 3 is 2.76 bits per heavy atom. The van der Waals surface area contributed by atoms with Gasteiger partial charge in [0.25, 0.3) is 0 Å². The van der Waals surface area contributed by atoms with Crippen LogP contribution in [0, 0.1) is 6.92 Å². The van der Waals surface area contributed by atoms with E-state index >= 15 is 0 Å². The molecule has 1 rings (SSSR count). The second-order valence-corrected chi connectivity index (χ2v) is 7.62. The van der Waals surface area contributed by atoms with E-state index in [1.807, 2.05) is 13.2 Å². The minimum Gasteiger partial charge on any atom is -0.351 e. The van der Waals surface area contributed by atoms with Crippen LogP contribution in [-0.2, 0) is 21.4 Å². The molecule has 1 atom stereocenters. The Balaban J connectivity index is 2.64. The number of carbonyl (C=O) groups is 1. The number of nitrogens with one attached hydrogen (secondary N) is 3. The normalized spacial score (nSPS) is 13.1. The lowest BCUT2D eigenvalue weighted by Gasteiger charge is -2.17. The monoisotopic (exact) mass is 334 g/mol. The second-order valence-electron chi connectivity index (χ2n) is 4.59. The van der Waals surface area contributed by atoms with Gasteiger partial charge in [0.05, 0.1) is 11.9 Å². The van der Waals surface area contributed by atoms with Crippen molar-refractivity contribution in [1.29, 1.82) is 0 Å². The minimum atomic E-state index is -3.41. The van der Waals surface area contributed by atoms with Gasteiger partial charge in [0, 0.05) is 17.8 Å². The Labute approximate surface area is 129 Å². The Hall–Kier alpha value is -1.06. The maximum atomic E-state index is 12.2. The van der Waals surface area contributed by atoms with Gasteiger partial charge in [-0.2, -0.15) is 16.9 Å². The van der Waals surface area contributed by atoms with Gasteiger partial charge in [-0.05, 0) is 32.3 Å². The molecule has 0 spiro atoms. The number of sulfonamides is 1. The summed E-state index contributed by atoms with van der Waals surface area (Å²) in [6.45, 7) is 3.73. The van der Waals surface area contributed by atoms with E-state index in [4.69, 9.17) is 0 Å². The summed E-state index contributed by atoms with van der Waals surface area (Å²) < 4.78 is 25.7. The quantitative estimate of drug-likeness (QED) is 0.606. The van der Waals surface area contributed by atoms with Crippen molar-refractivity contribution >= 4 is 27.7 Å². The number of hydrogen-bond donors (Lipinski definition) is 3. The molecule has 120 valence electrons. The number of carbonyl (C=O) groups excluding carboxylic acids is 1. The number of aromatic amines is 1. The zero-order valence-electron chi connectivity index (χ0n) is 12.5. The van der Waals surface area contributed by atoms with Crippen LogP contribution in [0.5, 0.6) is 0 Å². The van der Waals surface area contributed by atoms with Gasteiger partial charge in [0.2, 0.25) is 15.9 Å². The molecule has 0 aromatic carbocycles. The van der Waals surface area contributed by atoms with Gasteiger partial charge in [-0.25, -0.2) is 13.1 Å². The third-order valence-corrected chi connectivity index (χ3v) is 5.06. The first-order valence-corrected chi connectivity index (χ1v) is 9.69. The molecule has 0 saturated heterocycles. The highest BCUT2D eigenvalue weighted by Crippen LogP contribution is 2.05. The average molecular weight is 334 g/mol. The highest BCUT2D eigenvalue weighted by molar-refractivity contribution is 7.98. The molecule has 0 aliphatic carbocycles. The van der Waals surface area contributed by atoms with Crippen LogP contribution >= 0.6 is 11.8 Å². The summed E-state index contributed by atoms with van der Waals surface area (Å²) in [6, 6.07) is -0.741. The van der Waals surface area contributed by atoms with E-state index in [0.29, 0.717) is 18.7 Å². The van der Waals surface area contributed by atoms with E-state index in [1.54, 1.807) is 24.9 Å².